The van der Waals surface area contributed by atoms with E-state index in [9.17, 15) is 14.7 Å². The molecule has 114 valence electrons. The summed E-state index contributed by atoms with van der Waals surface area (Å²) in [6, 6.07) is 0.0780. The quantitative estimate of drug-likeness (QED) is 0.817. The minimum atomic E-state index is -0.697. The van der Waals surface area contributed by atoms with Gasteiger partial charge >= 0.3 is 12.1 Å². The summed E-state index contributed by atoms with van der Waals surface area (Å²) in [6.45, 7) is 5.53. The fraction of sp³-hybridized carbons (Fsp3) is 0.867. The molecule has 0 heterocycles. The molecule has 2 unspecified atom stereocenters. The molecule has 2 aliphatic rings. The number of hydrogen-bond donors (Lipinski definition) is 2. The first-order valence-corrected chi connectivity index (χ1v) is 7.48. The van der Waals surface area contributed by atoms with Crippen LogP contribution in [0.15, 0.2) is 0 Å². The Labute approximate surface area is 120 Å². The first kappa shape index (κ1) is 15.1. The smallest absolute Gasteiger partial charge is 0.407 e. The number of aliphatic carboxylic acids is 1. The van der Waals surface area contributed by atoms with Crippen molar-refractivity contribution in [2.45, 2.75) is 64.5 Å². The molecule has 2 bridgehead atoms. The van der Waals surface area contributed by atoms with E-state index in [4.69, 9.17) is 4.74 Å². The average molecular weight is 283 g/mol. The van der Waals surface area contributed by atoms with E-state index < -0.39 is 11.6 Å². The predicted molar refractivity (Wildman–Crippen MR) is 74.3 cm³/mol. The number of rotatable bonds is 2. The molecule has 1 amide bonds. The highest BCUT2D eigenvalue weighted by atomic mass is 16.6. The van der Waals surface area contributed by atoms with Gasteiger partial charge in [-0.15, -0.1) is 0 Å². The molecule has 0 aromatic heterocycles. The lowest BCUT2D eigenvalue weighted by atomic mass is 9.65. The molecular formula is C15H25NO4. The first-order valence-electron chi connectivity index (χ1n) is 7.48. The van der Waals surface area contributed by atoms with Crippen LogP contribution < -0.4 is 5.32 Å². The monoisotopic (exact) mass is 283 g/mol. The molecule has 0 radical (unpaired) electrons. The van der Waals surface area contributed by atoms with Crippen molar-refractivity contribution >= 4 is 12.1 Å². The Bertz CT molecular complexity index is 374. The van der Waals surface area contributed by atoms with Gasteiger partial charge in [-0.3, -0.25) is 4.79 Å². The summed E-state index contributed by atoms with van der Waals surface area (Å²) in [6.07, 6.45) is 4.10. The Morgan fingerprint density at radius 1 is 1.15 bits per heavy atom. The number of carbonyl (C=O) groups excluding carboxylic acids is 1. The molecule has 2 saturated carbocycles. The van der Waals surface area contributed by atoms with Crippen LogP contribution in [0.5, 0.6) is 0 Å². The van der Waals surface area contributed by atoms with E-state index in [1.807, 2.05) is 20.8 Å². The molecule has 0 aliphatic heterocycles. The van der Waals surface area contributed by atoms with Crippen LogP contribution in [0.2, 0.25) is 0 Å². The van der Waals surface area contributed by atoms with Gasteiger partial charge in [0.2, 0.25) is 0 Å². The highest BCUT2D eigenvalue weighted by Gasteiger charge is 2.43. The van der Waals surface area contributed by atoms with Crippen molar-refractivity contribution in [3.63, 3.8) is 0 Å². The van der Waals surface area contributed by atoms with Gasteiger partial charge in [-0.2, -0.15) is 0 Å². The maximum atomic E-state index is 11.9. The van der Waals surface area contributed by atoms with Crippen LogP contribution in [0.4, 0.5) is 4.79 Å². The molecule has 2 aliphatic carbocycles. The molecule has 0 aromatic carbocycles. The Morgan fingerprint density at radius 3 is 2.15 bits per heavy atom. The van der Waals surface area contributed by atoms with Crippen LogP contribution >= 0.6 is 0 Å². The van der Waals surface area contributed by atoms with E-state index in [1.165, 1.54) is 0 Å². The van der Waals surface area contributed by atoms with Gasteiger partial charge in [0, 0.05) is 6.04 Å². The molecule has 5 heteroatoms. The highest BCUT2D eigenvalue weighted by molar-refractivity contribution is 5.71. The summed E-state index contributed by atoms with van der Waals surface area (Å²) < 4.78 is 5.31. The van der Waals surface area contributed by atoms with E-state index in [2.05, 4.69) is 5.32 Å². The topological polar surface area (TPSA) is 75.6 Å². The maximum Gasteiger partial charge on any atom is 0.407 e. The number of alkyl carbamates (subject to hydrolysis) is 1. The molecule has 4 atom stereocenters. The SMILES string of the molecule is CC(C)(C)OC(=O)NC1[C@@H]2CCC[C@H]1CC(C(=O)O)C2. The Hall–Kier alpha value is -1.26. The average Bonchev–Trinajstić information content (AvgIpc) is 2.24. The van der Waals surface area contributed by atoms with Crippen molar-refractivity contribution in [3.8, 4) is 0 Å². The third-order valence-electron chi connectivity index (χ3n) is 4.37. The number of amides is 1. The van der Waals surface area contributed by atoms with Gasteiger partial charge < -0.3 is 15.2 Å². The minimum absolute atomic E-state index is 0.0780. The second-order valence-electron chi connectivity index (χ2n) is 7.13. The fourth-order valence-corrected chi connectivity index (χ4v) is 3.62. The van der Waals surface area contributed by atoms with Crippen LogP contribution in [0.3, 0.4) is 0 Å². The van der Waals surface area contributed by atoms with Crippen molar-refractivity contribution in [2.24, 2.45) is 17.8 Å². The van der Waals surface area contributed by atoms with E-state index in [1.54, 1.807) is 0 Å². The Balaban J connectivity index is 1.98. The van der Waals surface area contributed by atoms with Crippen molar-refractivity contribution in [1.29, 1.82) is 0 Å². The summed E-state index contributed by atoms with van der Waals surface area (Å²) >= 11 is 0. The first-order chi connectivity index (χ1) is 9.26. The number of carboxylic acid groups (broad SMARTS) is 1. The van der Waals surface area contributed by atoms with Crippen molar-refractivity contribution in [3.05, 3.63) is 0 Å². The standard InChI is InChI=1S/C15H25NO4/c1-15(2,3)20-14(19)16-12-9-5-4-6-10(12)8-11(7-9)13(17)18/h9-12H,4-8H2,1-3H3,(H,16,19)(H,17,18)/t9-,10+,11?,12?. The zero-order valence-electron chi connectivity index (χ0n) is 12.5. The second-order valence-corrected chi connectivity index (χ2v) is 7.13. The summed E-state index contributed by atoms with van der Waals surface area (Å²) in [5.74, 6) is -0.396. The van der Waals surface area contributed by atoms with Crippen LogP contribution in [0.25, 0.3) is 0 Å². The zero-order valence-corrected chi connectivity index (χ0v) is 12.5. The van der Waals surface area contributed by atoms with Gasteiger partial charge in [-0.25, -0.2) is 4.79 Å². The van der Waals surface area contributed by atoms with Crippen LogP contribution in [0.1, 0.15) is 52.9 Å². The van der Waals surface area contributed by atoms with Gasteiger partial charge in [0.05, 0.1) is 5.92 Å². The van der Waals surface area contributed by atoms with E-state index >= 15 is 0 Å². The van der Waals surface area contributed by atoms with Gasteiger partial charge in [-0.05, 0) is 58.3 Å². The third-order valence-corrected chi connectivity index (χ3v) is 4.37. The molecule has 0 aromatic rings. The lowest BCUT2D eigenvalue weighted by Gasteiger charge is -2.45. The highest BCUT2D eigenvalue weighted by Crippen LogP contribution is 2.43. The van der Waals surface area contributed by atoms with Crippen molar-refractivity contribution in [1.82, 2.24) is 5.32 Å². The summed E-state index contributed by atoms with van der Waals surface area (Å²) in [7, 11) is 0. The molecule has 2 fully saturated rings. The van der Waals surface area contributed by atoms with E-state index in [0.717, 1.165) is 19.3 Å². The Kier molecular flexibility index (Phi) is 4.25. The van der Waals surface area contributed by atoms with Crippen molar-refractivity contribution in [2.75, 3.05) is 0 Å². The minimum Gasteiger partial charge on any atom is -0.481 e. The van der Waals surface area contributed by atoms with Gasteiger partial charge in [0.15, 0.2) is 0 Å². The molecule has 20 heavy (non-hydrogen) atoms. The molecule has 2 N–H and O–H groups in total. The summed E-state index contributed by atoms with van der Waals surface area (Å²) in [4.78, 5) is 23.1. The summed E-state index contributed by atoms with van der Waals surface area (Å²) in [5.41, 5.74) is -0.503. The molecular weight excluding hydrogens is 258 g/mol. The lowest BCUT2D eigenvalue weighted by Crippen LogP contribution is -2.53. The molecule has 0 spiro atoms. The molecule has 5 nitrogen and oxygen atoms in total. The predicted octanol–water partition coefficient (Wildman–Crippen LogP) is 2.79. The largest absolute Gasteiger partial charge is 0.481 e. The fourth-order valence-electron chi connectivity index (χ4n) is 3.62. The van der Waals surface area contributed by atoms with E-state index in [0.29, 0.717) is 12.8 Å². The Morgan fingerprint density at radius 2 is 1.70 bits per heavy atom. The maximum absolute atomic E-state index is 11.9. The molecule has 0 saturated heterocycles. The number of hydrogen-bond acceptors (Lipinski definition) is 3. The zero-order chi connectivity index (χ0) is 14.9. The van der Waals surface area contributed by atoms with Crippen LogP contribution in [-0.2, 0) is 9.53 Å². The second kappa shape index (κ2) is 5.62. The number of carbonyl (C=O) groups is 2. The number of nitrogens with one attached hydrogen (secondary N) is 1. The van der Waals surface area contributed by atoms with Crippen LogP contribution in [-0.4, -0.2) is 28.8 Å². The van der Waals surface area contributed by atoms with E-state index in [-0.39, 0.29) is 29.9 Å². The number of carboxylic acids is 1. The third kappa shape index (κ3) is 3.64. The lowest BCUT2D eigenvalue weighted by molar-refractivity contribution is -0.145. The van der Waals surface area contributed by atoms with Gasteiger partial charge in [0.1, 0.15) is 5.60 Å². The van der Waals surface area contributed by atoms with Gasteiger partial charge in [0.25, 0.3) is 0 Å². The summed E-state index contributed by atoms with van der Waals surface area (Å²) in [5, 5.41) is 12.2. The normalized spacial score (nSPS) is 33.4. The number of ether oxygens (including phenoxy) is 1. The van der Waals surface area contributed by atoms with Gasteiger partial charge in [-0.1, -0.05) is 6.42 Å². The number of fused-ring (bicyclic) bond motifs is 2. The van der Waals surface area contributed by atoms with Crippen molar-refractivity contribution < 1.29 is 19.4 Å². The molecule has 2 rings (SSSR count). The van der Waals surface area contributed by atoms with Crippen LogP contribution in [0, 0.1) is 17.8 Å².